The van der Waals surface area contributed by atoms with E-state index in [1.54, 1.807) is 6.07 Å². The Morgan fingerprint density at radius 2 is 1.13 bits per heavy atom. The third-order valence-corrected chi connectivity index (χ3v) is 7.38. The number of halogens is 2. The molecule has 0 spiro atoms. The third-order valence-electron chi connectivity index (χ3n) is 6.95. The molecule has 7 rings (SSSR count). The lowest BCUT2D eigenvalue weighted by atomic mass is 9.96. The van der Waals surface area contributed by atoms with E-state index in [4.69, 9.17) is 27.6 Å². The number of benzene rings is 6. The quantitative estimate of drug-likeness (QED) is 0.225. The van der Waals surface area contributed by atoms with Crippen LogP contribution in [0.2, 0.25) is 10.0 Å². The predicted octanol–water partition coefficient (Wildman–Crippen LogP) is 11.2. The second kappa shape index (κ2) is 9.25. The largest absolute Gasteiger partial charge is 0.456 e. The molecule has 7 aromatic rings. The highest BCUT2D eigenvalue weighted by Crippen LogP contribution is 2.43. The van der Waals surface area contributed by atoms with Crippen LogP contribution in [-0.2, 0) is 0 Å². The molecule has 0 atom stereocenters. The van der Waals surface area contributed by atoms with Crippen molar-refractivity contribution in [3.8, 4) is 11.1 Å². The molecule has 1 aromatic heterocycles. The molecule has 6 aromatic carbocycles. The first-order valence-electron chi connectivity index (χ1n) is 12.4. The van der Waals surface area contributed by atoms with E-state index >= 15 is 0 Å². The Hall–Kier alpha value is -4.24. The summed E-state index contributed by atoms with van der Waals surface area (Å²) in [7, 11) is 0. The molecule has 0 radical (unpaired) electrons. The molecule has 0 unspecified atom stereocenters. The topological polar surface area (TPSA) is 16.4 Å². The van der Waals surface area contributed by atoms with Gasteiger partial charge in [0.15, 0.2) is 0 Å². The van der Waals surface area contributed by atoms with Crippen LogP contribution in [0.3, 0.4) is 0 Å². The molecule has 0 saturated carbocycles. The summed E-state index contributed by atoms with van der Waals surface area (Å²) in [6, 6.07) is 43.5. The number of para-hydroxylation sites is 2. The van der Waals surface area contributed by atoms with Gasteiger partial charge in [-0.05, 0) is 77.2 Å². The molecule has 38 heavy (non-hydrogen) atoms. The van der Waals surface area contributed by atoms with Crippen molar-refractivity contribution in [3.05, 3.63) is 137 Å². The van der Waals surface area contributed by atoms with Crippen LogP contribution in [0.4, 0.5) is 17.1 Å². The highest BCUT2D eigenvalue weighted by atomic mass is 35.5. The zero-order chi connectivity index (χ0) is 25.6. The number of fused-ring (bicyclic) bond motifs is 4. The van der Waals surface area contributed by atoms with Crippen LogP contribution in [0.5, 0.6) is 0 Å². The molecule has 1 heterocycles. The maximum atomic E-state index is 6.37. The van der Waals surface area contributed by atoms with E-state index in [0.717, 1.165) is 60.9 Å². The second-order valence-electron chi connectivity index (χ2n) is 9.29. The Bertz CT molecular complexity index is 1940. The Morgan fingerprint density at radius 1 is 0.474 bits per heavy atom. The average Bonchev–Trinajstić information content (AvgIpc) is 3.31. The van der Waals surface area contributed by atoms with E-state index in [-0.39, 0.29) is 0 Å². The minimum Gasteiger partial charge on any atom is -0.456 e. The van der Waals surface area contributed by atoms with Crippen molar-refractivity contribution in [1.29, 1.82) is 0 Å². The molecule has 0 aliphatic rings. The fourth-order valence-electron chi connectivity index (χ4n) is 5.30. The van der Waals surface area contributed by atoms with Crippen molar-refractivity contribution in [2.24, 2.45) is 0 Å². The van der Waals surface area contributed by atoms with Gasteiger partial charge in [0.2, 0.25) is 0 Å². The molecule has 2 nitrogen and oxygen atoms in total. The van der Waals surface area contributed by atoms with Gasteiger partial charge in [-0.2, -0.15) is 0 Å². The number of furan rings is 1. The van der Waals surface area contributed by atoms with Crippen molar-refractivity contribution in [3.63, 3.8) is 0 Å². The number of hydrogen-bond donors (Lipinski definition) is 0. The Morgan fingerprint density at radius 3 is 1.92 bits per heavy atom. The van der Waals surface area contributed by atoms with Gasteiger partial charge < -0.3 is 9.32 Å². The van der Waals surface area contributed by atoms with Crippen molar-refractivity contribution in [2.45, 2.75) is 0 Å². The van der Waals surface area contributed by atoms with Crippen molar-refractivity contribution >= 4 is 73.0 Å². The van der Waals surface area contributed by atoms with E-state index in [0.29, 0.717) is 10.0 Å². The minimum absolute atomic E-state index is 0.618. The Kier molecular flexibility index (Phi) is 5.58. The predicted molar refractivity (Wildman–Crippen MR) is 161 cm³/mol. The van der Waals surface area contributed by atoms with Crippen LogP contribution in [0.1, 0.15) is 0 Å². The van der Waals surface area contributed by atoms with Gasteiger partial charge in [-0.25, -0.2) is 0 Å². The van der Waals surface area contributed by atoms with Crippen LogP contribution in [0, 0.1) is 0 Å². The van der Waals surface area contributed by atoms with Crippen LogP contribution in [-0.4, -0.2) is 0 Å². The van der Waals surface area contributed by atoms with Gasteiger partial charge in [0.1, 0.15) is 11.2 Å². The van der Waals surface area contributed by atoms with Crippen molar-refractivity contribution < 1.29 is 4.42 Å². The number of nitrogens with zero attached hydrogens (tertiary/aromatic N) is 1. The third kappa shape index (κ3) is 3.90. The molecule has 0 aliphatic carbocycles. The number of anilines is 3. The molecular weight excluding hydrogens is 509 g/mol. The van der Waals surface area contributed by atoms with Gasteiger partial charge >= 0.3 is 0 Å². The molecule has 0 bridgehead atoms. The lowest BCUT2D eigenvalue weighted by Gasteiger charge is -2.27. The summed E-state index contributed by atoms with van der Waals surface area (Å²) in [5, 5.41) is 5.68. The van der Waals surface area contributed by atoms with Crippen LogP contribution < -0.4 is 4.90 Å². The molecule has 182 valence electrons. The molecule has 4 heteroatoms. The summed E-state index contributed by atoms with van der Waals surface area (Å²) in [4.78, 5) is 2.30. The normalized spacial score (nSPS) is 11.4. The van der Waals surface area contributed by atoms with Crippen molar-refractivity contribution in [2.75, 3.05) is 4.90 Å². The van der Waals surface area contributed by atoms with Gasteiger partial charge in [0, 0.05) is 37.6 Å². The van der Waals surface area contributed by atoms with Crippen LogP contribution in [0.25, 0.3) is 43.8 Å². The summed E-state index contributed by atoms with van der Waals surface area (Å²) in [6.07, 6.45) is 0. The van der Waals surface area contributed by atoms with Crippen LogP contribution >= 0.6 is 23.2 Å². The van der Waals surface area contributed by atoms with E-state index < -0.39 is 0 Å². The van der Waals surface area contributed by atoms with Crippen molar-refractivity contribution in [1.82, 2.24) is 0 Å². The monoisotopic (exact) mass is 529 g/mol. The van der Waals surface area contributed by atoms with Crippen LogP contribution in [0.15, 0.2) is 132 Å². The lowest BCUT2D eigenvalue weighted by molar-refractivity contribution is 0.669. The number of hydrogen-bond acceptors (Lipinski definition) is 2. The molecule has 0 amide bonds. The van der Waals surface area contributed by atoms with Gasteiger partial charge in [0.05, 0.1) is 5.69 Å². The number of rotatable bonds is 4. The smallest absolute Gasteiger partial charge is 0.135 e. The van der Waals surface area contributed by atoms with Gasteiger partial charge in [-0.1, -0.05) is 89.9 Å². The first kappa shape index (κ1) is 22.9. The maximum absolute atomic E-state index is 6.37. The fraction of sp³-hybridized carbons (Fsp3) is 0. The Balaban J connectivity index is 1.48. The second-order valence-corrected chi connectivity index (χ2v) is 10.2. The fourth-order valence-corrected chi connectivity index (χ4v) is 5.82. The summed E-state index contributed by atoms with van der Waals surface area (Å²) < 4.78 is 6.11. The molecule has 0 N–H and O–H groups in total. The van der Waals surface area contributed by atoms with Gasteiger partial charge in [-0.3, -0.25) is 0 Å². The first-order chi connectivity index (χ1) is 18.7. The van der Waals surface area contributed by atoms with Gasteiger partial charge in [0.25, 0.3) is 0 Å². The van der Waals surface area contributed by atoms with E-state index in [2.05, 4.69) is 89.8 Å². The van der Waals surface area contributed by atoms with E-state index in [1.807, 2.05) is 36.4 Å². The molecule has 0 fully saturated rings. The molecular formula is C34H21Cl2NO. The SMILES string of the molecule is Clc1cc(Cl)cc(-c2ccc(N(c3ccccc3)c3ccc4oc5ccccc5c4c3)c3ccccc23)c1. The van der Waals surface area contributed by atoms with E-state index in [1.165, 1.54) is 0 Å². The minimum atomic E-state index is 0.618. The molecule has 0 saturated heterocycles. The maximum Gasteiger partial charge on any atom is 0.135 e. The zero-order valence-corrected chi connectivity index (χ0v) is 21.7. The lowest BCUT2D eigenvalue weighted by Crippen LogP contribution is -2.10. The highest BCUT2D eigenvalue weighted by molar-refractivity contribution is 6.35. The summed E-state index contributed by atoms with van der Waals surface area (Å²) in [6.45, 7) is 0. The first-order valence-corrected chi connectivity index (χ1v) is 13.2. The van der Waals surface area contributed by atoms with Gasteiger partial charge in [-0.15, -0.1) is 0 Å². The standard InChI is InChI=1S/C34H21Cl2NO/c35-23-18-22(19-24(36)20-23)27-15-16-32(29-11-5-4-10-28(27)29)37(25-8-2-1-3-9-25)26-14-17-34-31(21-26)30-12-6-7-13-33(30)38-34/h1-21H. The molecule has 0 aliphatic heterocycles. The zero-order valence-electron chi connectivity index (χ0n) is 20.2. The summed E-state index contributed by atoms with van der Waals surface area (Å²) >= 11 is 12.7. The average molecular weight is 530 g/mol. The summed E-state index contributed by atoms with van der Waals surface area (Å²) in [5.74, 6) is 0. The summed E-state index contributed by atoms with van der Waals surface area (Å²) in [5.41, 5.74) is 7.04. The van der Waals surface area contributed by atoms with E-state index in [9.17, 15) is 0 Å². The Labute approximate surface area is 230 Å². The highest BCUT2D eigenvalue weighted by Gasteiger charge is 2.19.